The average molecular weight is 452 g/mol. The van der Waals surface area contributed by atoms with E-state index in [4.69, 9.17) is 0 Å². The van der Waals surface area contributed by atoms with Gasteiger partial charge in [0.15, 0.2) is 5.16 Å². The molecule has 8 heteroatoms. The Morgan fingerprint density at radius 2 is 1.74 bits per heavy atom. The SMILES string of the molecule is CSc1ccccc1NC(=O)CSc1nc2ccccc2c(=O)n1-c1ccccc1F. The van der Waals surface area contributed by atoms with Crippen molar-refractivity contribution in [2.24, 2.45) is 0 Å². The van der Waals surface area contributed by atoms with Crippen LogP contribution in [0.2, 0.25) is 0 Å². The third-order valence-electron chi connectivity index (χ3n) is 4.55. The zero-order valence-corrected chi connectivity index (χ0v) is 18.2. The van der Waals surface area contributed by atoms with Gasteiger partial charge in [0, 0.05) is 4.90 Å². The van der Waals surface area contributed by atoms with Crippen LogP contribution in [0.5, 0.6) is 0 Å². The highest BCUT2D eigenvalue weighted by atomic mass is 32.2. The molecule has 0 aliphatic carbocycles. The molecule has 0 bridgehead atoms. The summed E-state index contributed by atoms with van der Waals surface area (Å²) in [6.07, 6.45) is 1.94. The minimum absolute atomic E-state index is 0.0158. The Bertz CT molecular complexity index is 1320. The van der Waals surface area contributed by atoms with Crippen molar-refractivity contribution in [3.8, 4) is 5.69 Å². The molecule has 0 saturated heterocycles. The number of hydrogen-bond acceptors (Lipinski definition) is 5. The summed E-state index contributed by atoms with van der Waals surface area (Å²) >= 11 is 2.62. The smallest absolute Gasteiger partial charge is 0.266 e. The van der Waals surface area contributed by atoms with Crippen molar-refractivity contribution >= 4 is 46.0 Å². The van der Waals surface area contributed by atoms with Gasteiger partial charge in [-0.3, -0.25) is 14.2 Å². The number of benzene rings is 3. The number of para-hydroxylation sites is 3. The molecule has 0 unspecified atom stereocenters. The maximum Gasteiger partial charge on any atom is 0.266 e. The molecule has 0 radical (unpaired) electrons. The number of aromatic nitrogens is 2. The van der Waals surface area contributed by atoms with E-state index < -0.39 is 5.82 Å². The fraction of sp³-hybridized carbons (Fsp3) is 0.0870. The van der Waals surface area contributed by atoms with Crippen LogP contribution in [0.3, 0.4) is 0 Å². The maximum atomic E-state index is 14.5. The molecule has 31 heavy (non-hydrogen) atoms. The van der Waals surface area contributed by atoms with E-state index in [1.807, 2.05) is 30.5 Å². The molecule has 0 aliphatic rings. The third-order valence-corrected chi connectivity index (χ3v) is 6.29. The highest BCUT2D eigenvalue weighted by molar-refractivity contribution is 7.99. The van der Waals surface area contributed by atoms with Gasteiger partial charge in [0.2, 0.25) is 5.91 Å². The molecule has 0 saturated carbocycles. The van der Waals surface area contributed by atoms with E-state index in [2.05, 4.69) is 10.3 Å². The number of carbonyl (C=O) groups excluding carboxylic acids is 1. The van der Waals surface area contributed by atoms with Gasteiger partial charge >= 0.3 is 0 Å². The molecule has 0 fully saturated rings. The highest BCUT2D eigenvalue weighted by Crippen LogP contribution is 2.26. The van der Waals surface area contributed by atoms with Crippen LogP contribution in [0.15, 0.2) is 87.6 Å². The highest BCUT2D eigenvalue weighted by Gasteiger charge is 2.17. The first-order valence-electron chi connectivity index (χ1n) is 9.41. The van der Waals surface area contributed by atoms with Gasteiger partial charge in [-0.05, 0) is 42.7 Å². The normalized spacial score (nSPS) is 10.9. The summed E-state index contributed by atoms with van der Waals surface area (Å²) in [4.78, 5) is 31.2. The van der Waals surface area contributed by atoms with Crippen LogP contribution in [0.25, 0.3) is 16.6 Å². The zero-order valence-electron chi connectivity index (χ0n) is 16.5. The lowest BCUT2D eigenvalue weighted by molar-refractivity contribution is -0.113. The van der Waals surface area contributed by atoms with E-state index in [0.717, 1.165) is 22.3 Å². The number of halogens is 1. The standard InChI is InChI=1S/C23H18FN3O2S2/c1-30-20-13-7-5-11-18(20)25-21(28)14-31-23-26-17-10-4-2-8-15(17)22(29)27(23)19-12-6-3-9-16(19)24/h2-13H,14H2,1H3,(H,25,28). The predicted octanol–water partition coefficient (Wildman–Crippen LogP) is 4.98. The lowest BCUT2D eigenvalue weighted by Gasteiger charge is -2.14. The summed E-state index contributed by atoms with van der Waals surface area (Å²) in [7, 11) is 0. The average Bonchev–Trinajstić information content (AvgIpc) is 2.79. The number of nitrogens with one attached hydrogen (secondary N) is 1. The van der Waals surface area contributed by atoms with Gasteiger partial charge in [0.05, 0.1) is 28.0 Å². The first-order chi connectivity index (χ1) is 15.1. The summed E-state index contributed by atoms with van der Waals surface area (Å²) in [5.74, 6) is -0.766. The second-order valence-corrected chi connectivity index (χ2v) is 8.33. The molecule has 156 valence electrons. The van der Waals surface area contributed by atoms with Gasteiger partial charge in [0.1, 0.15) is 5.82 Å². The van der Waals surface area contributed by atoms with E-state index in [1.54, 1.807) is 36.4 Å². The molecular weight excluding hydrogens is 433 g/mol. The summed E-state index contributed by atoms with van der Waals surface area (Å²) in [6, 6.07) is 20.4. The topological polar surface area (TPSA) is 64.0 Å². The molecule has 1 heterocycles. The van der Waals surface area contributed by atoms with E-state index in [0.29, 0.717) is 10.9 Å². The molecule has 1 N–H and O–H groups in total. The summed E-state index contributed by atoms with van der Waals surface area (Å²) in [5.41, 5.74) is 0.932. The van der Waals surface area contributed by atoms with Crippen LogP contribution in [-0.2, 0) is 4.79 Å². The van der Waals surface area contributed by atoms with Crippen LogP contribution >= 0.6 is 23.5 Å². The van der Waals surface area contributed by atoms with E-state index in [1.165, 1.54) is 28.5 Å². The van der Waals surface area contributed by atoms with Gasteiger partial charge in [-0.15, -0.1) is 11.8 Å². The van der Waals surface area contributed by atoms with Crippen molar-refractivity contribution in [1.29, 1.82) is 0 Å². The Labute approximate surface area is 186 Å². The van der Waals surface area contributed by atoms with Crippen molar-refractivity contribution in [2.45, 2.75) is 10.1 Å². The van der Waals surface area contributed by atoms with Crippen molar-refractivity contribution in [3.63, 3.8) is 0 Å². The number of rotatable bonds is 6. The van der Waals surface area contributed by atoms with E-state index in [9.17, 15) is 14.0 Å². The van der Waals surface area contributed by atoms with Crippen molar-refractivity contribution < 1.29 is 9.18 Å². The Balaban J connectivity index is 1.68. The first-order valence-corrected chi connectivity index (χ1v) is 11.6. The fourth-order valence-corrected chi connectivity index (χ4v) is 4.48. The van der Waals surface area contributed by atoms with Crippen molar-refractivity contribution in [2.75, 3.05) is 17.3 Å². The lowest BCUT2D eigenvalue weighted by atomic mass is 10.2. The van der Waals surface area contributed by atoms with Gasteiger partial charge in [-0.2, -0.15) is 0 Å². The quantitative estimate of drug-likeness (QED) is 0.331. The van der Waals surface area contributed by atoms with Crippen LogP contribution in [0.1, 0.15) is 0 Å². The van der Waals surface area contributed by atoms with Crippen LogP contribution < -0.4 is 10.9 Å². The second-order valence-electron chi connectivity index (χ2n) is 6.54. The summed E-state index contributed by atoms with van der Waals surface area (Å²) < 4.78 is 15.8. The molecule has 1 amide bonds. The zero-order chi connectivity index (χ0) is 21.8. The largest absolute Gasteiger partial charge is 0.324 e. The number of anilines is 1. The molecular formula is C23H18FN3O2S2. The van der Waals surface area contributed by atoms with Crippen molar-refractivity contribution in [1.82, 2.24) is 9.55 Å². The molecule has 0 aliphatic heterocycles. The number of fused-ring (bicyclic) bond motifs is 1. The Hall–Kier alpha value is -3.10. The fourth-order valence-electron chi connectivity index (χ4n) is 3.12. The number of nitrogens with zero attached hydrogens (tertiary/aromatic N) is 2. The number of amides is 1. The summed E-state index contributed by atoms with van der Waals surface area (Å²) in [5, 5.41) is 3.52. The summed E-state index contributed by atoms with van der Waals surface area (Å²) in [6.45, 7) is 0. The Kier molecular flexibility index (Phi) is 6.39. The second kappa shape index (κ2) is 9.36. The molecule has 0 spiro atoms. The number of hydrogen-bond donors (Lipinski definition) is 1. The molecule has 0 atom stereocenters. The van der Waals surface area contributed by atoms with Crippen LogP contribution in [0.4, 0.5) is 10.1 Å². The van der Waals surface area contributed by atoms with Crippen LogP contribution in [0, 0.1) is 5.82 Å². The minimum atomic E-state index is -0.540. The number of thioether (sulfide) groups is 2. The predicted molar refractivity (Wildman–Crippen MR) is 125 cm³/mol. The van der Waals surface area contributed by atoms with Gasteiger partial charge in [-0.1, -0.05) is 48.2 Å². The number of carbonyl (C=O) groups is 1. The van der Waals surface area contributed by atoms with Crippen molar-refractivity contribution in [3.05, 3.63) is 89.0 Å². The van der Waals surface area contributed by atoms with Crippen LogP contribution in [-0.4, -0.2) is 27.5 Å². The lowest BCUT2D eigenvalue weighted by Crippen LogP contribution is -2.23. The molecule has 4 rings (SSSR count). The van der Waals surface area contributed by atoms with Gasteiger partial charge in [0.25, 0.3) is 5.56 Å². The van der Waals surface area contributed by atoms with Gasteiger partial charge < -0.3 is 5.32 Å². The monoisotopic (exact) mass is 451 g/mol. The minimum Gasteiger partial charge on any atom is -0.324 e. The molecule has 3 aromatic carbocycles. The Morgan fingerprint density at radius 3 is 2.55 bits per heavy atom. The molecule has 5 nitrogen and oxygen atoms in total. The molecule has 1 aromatic heterocycles. The third kappa shape index (κ3) is 4.50. The Morgan fingerprint density at radius 1 is 1.03 bits per heavy atom. The van der Waals surface area contributed by atoms with E-state index >= 15 is 0 Å². The molecule has 4 aromatic rings. The van der Waals surface area contributed by atoms with E-state index in [-0.39, 0.29) is 28.1 Å². The van der Waals surface area contributed by atoms with Gasteiger partial charge in [-0.25, -0.2) is 9.37 Å². The maximum absolute atomic E-state index is 14.5. The first kappa shape index (κ1) is 21.1.